The second kappa shape index (κ2) is 5.68. The fourth-order valence-corrected chi connectivity index (χ4v) is 4.33. The number of rotatable bonds is 2. The van der Waals surface area contributed by atoms with Crippen LogP contribution in [-0.4, -0.2) is 43.6 Å². The summed E-state index contributed by atoms with van der Waals surface area (Å²) in [5, 5.41) is 3.38. The first-order valence-corrected chi connectivity index (χ1v) is 8.28. The zero-order chi connectivity index (χ0) is 16.8. The number of piperidine rings is 1. The summed E-state index contributed by atoms with van der Waals surface area (Å²) >= 11 is 0. The number of nitrogens with one attached hydrogen (secondary N) is 1. The average Bonchev–Trinajstić information content (AvgIpc) is 2.70. The van der Waals surface area contributed by atoms with E-state index in [1.54, 1.807) is 7.11 Å². The molecule has 0 aromatic heterocycles. The summed E-state index contributed by atoms with van der Waals surface area (Å²) in [4.78, 5) is 15.0. The predicted molar refractivity (Wildman–Crippen MR) is 92.2 cm³/mol. The van der Waals surface area contributed by atoms with Crippen molar-refractivity contribution in [2.75, 3.05) is 27.2 Å². The zero-order valence-corrected chi connectivity index (χ0v) is 14.7. The molecule has 1 aromatic carbocycles. The molecule has 4 nitrogen and oxygen atoms in total. The van der Waals surface area contributed by atoms with E-state index >= 15 is 0 Å². The van der Waals surface area contributed by atoms with Gasteiger partial charge in [-0.25, -0.2) is 0 Å². The van der Waals surface area contributed by atoms with Crippen LogP contribution in [0.3, 0.4) is 0 Å². The molecule has 0 saturated carbocycles. The molecule has 0 unspecified atom stereocenters. The van der Waals surface area contributed by atoms with Crippen molar-refractivity contribution in [2.24, 2.45) is 0 Å². The number of methoxy groups -OCH3 is 1. The van der Waals surface area contributed by atoms with E-state index in [9.17, 15) is 4.79 Å². The van der Waals surface area contributed by atoms with Crippen molar-refractivity contribution < 1.29 is 9.53 Å². The van der Waals surface area contributed by atoms with Gasteiger partial charge in [0.2, 0.25) is 0 Å². The van der Waals surface area contributed by atoms with Gasteiger partial charge in [0, 0.05) is 7.05 Å². The van der Waals surface area contributed by atoms with Crippen LogP contribution in [0.25, 0.3) is 5.57 Å². The largest absolute Gasteiger partial charge is 0.498 e. The minimum atomic E-state index is -0.295. The number of hydrogen-bond acceptors (Lipinski definition) is 3. The number of hydrogen-bond donors (Lipinski definition) is 1. The van der Waals surface area contributed by atoms with Gasteiger partial charge in [0.1, 0.15) is 11.3 Å². The van der Waals surface area contributed by atoms with Gasteiger partial charge in [0.05, 0.1) is 12.7 Å². The topological polar surface area (TPSA) is 41.6 Å². The summed E-state index contributed by atoms with van der Waals surface area (Å²) in [6.45, 7) is 8.06. The summed E-state index contributed by atoms with van der Waals surface area (Å²) in [6, 6.07) is 4.28. The lowest BCUT2D eigenvalue weighted by molar-refractivity contribution is -0.127. The lowest BCUT2D eigenvalue weighted by Gasteiger charge is -2.40. The molecular formula is C19H26N2O2. The first kappa shape index (κ1) is 16.1. The van der Waals surface area contributed by atoms with Crippen molar-refractivity contribution in [3.05, 3.63) is 40.1 Å². The SMILES string of the molecule is COC1=C(c2c(C)cc(C)cc2C)C(=O)N(C)C12CCNCC2. The first-order valence-electron chi connectivity index (χ1n) is 8.28. The van der Waals surface area contributed by atoms with Gasteiger partial charge in [-0.3, -0.25) is 4.79 Å². The molecule has 4 heteroatoms. The molecule has 2 heterocycles. The third kappa shape index (κ3) is 2.27. The number of benzene rings is 1. The van der Waals surface area contributed by atoms with Crippen molar-refractivity contribution in [3.63, 3.8) is 0 Å². The monoisotopic (exact) mass is 314 g/mol. The molecule has 23 heavy (non-hydrogen) atoms. The molecule has 0 aliphatic carbocycles. The molecule has 1 fully saturated rings. The molecule has 1 saturated heterocycles. The standard InChI is InChI=1S/C19H26N2O2/c1-12-10-13(2)15(14(3)11-12)16-17(23-5)19(21(4)18(16)22)6-8-20-9-7-19/h10-11,20H,6-9H2,1-5H3. The number of ether oxygens (including phenoxy) is 1. The fraction of sp³-hybridized carbons (Fsp3) is 0.526. The maximum atomic E-state index is 13.1. The van der Waals surface area contributed by atoms with E-state index in [1.165, 1.54) is 5.56 Å². The quantitative estimate of drug-likeness (QED) is 0.912. The van der Waals surface area contributed by atoms with Gasteiger partial charge in [-0.05, 0) is 63.4 Å². The molecule has 3 rings (SSSR count). The van der Waals surface area contributed by atoms with Crippen molar-refractivity contribution >= 4 is 11.5 Å². The van der Waals surface area contributed by atoms with Crippen LogP contribution in [0.15, 0.2) is 17.9 Å². The minimum Gasteiger partial charge on any atom is -0.498 e. The van der Waals surface area contributed by atoms with Crippen molar-refractivity contribution in [1.29, 1.82) is 0 Å². The molecular weight excluding hydrogens is 288 g/mol. The highest BCUT2D eigenvalue weighted by Crippen LogP contribution is 2.46. The molecule has 1 N–H and O–H groups in total. The molecule has 1 aromatic rings. The van der Waals surface area contributed by atoms with Crippen molar-refractivity contribution in [1.82, 2.24) is 10.2 Å². The van der Waals surface area contributed by atoms with Crippen LogP contribution in [0, 0.1) is 20.8 Å². The minimum absolute atomic E-state index is 0.0822. The molecule has 1 spiro atoms. The van der Waals surface area contributed by atoms with Crippen molar-refractivity contribution in [2.45, 2.75) is 39.2 Å². The van der Waals surface area contributed by atoms with Crippen LogP contribution in [-0.2, 0) is 9.53 Å². The second-order valence-electron chi connectivity index (χ2n) is 6.83. The van der Waals surface area contributed by atoms with Crippen LogP contribution >= 0.6 is 0 Å². The normalized spacial score (nSPS) is 20.6. The van der Waals surface area contributed by atoms with E-state index in [4.69, 9.17) is 4.74 Å². The number of aryl methyl sites for hydroxylation is 3. The Kier molecular flexibility index (Phi) is 3.96. The molecule has 0 bridgehead atoms. The van der Waals surface area contributed by atoms with Gasteiger partial charge in [0.25, 0.3) is 5.91 Å². The Morgan fingerprint density at radius 3 is 2.22 bits per heavy atom. The number of carbonyl (C=O) groups excluding carboxylic acids is 1. The molecule has 2 aliphatic rings. The van der Waals surface area contributed by atoms with Crippen LogP contribution < -0.4 is 5.32 Å². The Morgan fingerprint density at radius 2 is 1.70 bits per heavy atom. The maximum Gasteiger partial charge on any atom is 0.258 e. The van der Waals surface area contributed by atoms with Crippen LogP contribution in [0.1, 0.15) is 35.1 Å². The van der Waals surface area contributed by atoms with Crippen LogP contribution in [0.5, 0.6) is 0 Å². The summed E-state index contributed by atoms with van der Waals surface area (Å²) in [7, 11) is 3.61. The number of carbonyl (C=O) groups is 1. The van der Waals surface area contributed by atoms with E-state index in [0.29, 0.717) is 0 Å². The summed E-state index contributed by atoms with van der Waals surface area (Å²) < 4.78 is 5.84. The molecule has 0 radical (unpaired) electrons. The van der Waals surface area contributed by atoms with Crippen LogP contribution in [0.2, 0.25) is 0 Å². The first-order chi connectivity index (χ1) is 10.9. The average molecular weight is 314 g/mol. The fourth-order valence-electron chi connectivity index (χ4n) is 4.33. The third-order valence-corrected chi connectivity index (χ3v) is 5.37. The van der Waals surface area contributed by atoms with Gasteiger partial charge < -0.3 is 15.0 Å². The number of amides is 1. The Labute approximate surface area is 138 Å². The summed E-state index contributed by atoms with van der Waals surface area (Å²) in [6.07, 6.45) is 1.79. The predicted octanol–water partition coefficient (Wildman–Crippen LogP) is 2.56. The Hall–Kier alpha value is -1.81. The molecule has 1 amide bonds. The van der Waals surface area contributed by atoms with Crippen LogP contribution in [0.4, 0.5) is 0 Å². The van der Waals surface area contributed by atoms with Gasteiger partial charge >= 0.3 is 0 Å². The highest BCUT2D eigenvalue weighted by Gasteiger charge is 2.52. The van der Waals surface area contributed by atoms with E-state index in [1.807, 2.05) is 11.9 Å². The highest BCUT2D eigenvalue weighted by molar-refractivity contribution is 6.23. The van der Waals surface area contributed by atoms with Gasteiger partial charge in [-0.2, -0.15) is 0 Å². The second-order valence-corrected chi connectivity index (χ2v) is 6.83. The number of nitrogens with zero attached hydrogens (tertiary/aromatic N) is 1. The summed E-state index contributed by atoms with van der Waals surface area (Å²) in [5.41, 5.74) is 5.00. The smallest absolute Gasteiger partial charge is 0.258 e. The van der Waals surface area contributed by atoms with E-state index in [2.05, 4.69) is 38.2 Å². The summed E-state index contributed by atoms with van der Waals surface area (Å²) in [5.74, 6) is 0.931. The number of likely N-dealkylation sites (N-methyl/N-ethyl adjacent to an activating group) is 1. The lowest BCUT2D eigenvalue weighted by atomic mass is 9.84. The maximum absolute atomic E-state index is 13.1. The Balaban J connectivity index is 2.24. The third-order valence-electron chi connectivity index (χ3n) is 5.37. The van der Waals surface area contributed by atoms with Gasteiger partial charge in [0.15, 0.2) is 0 Å². The van der Waals surface area contributed by atoms with E-state index < -0.39 is 0 Å². The van der Waals surface area contributed by atoms with E-state index in [0.717, 1.165) is 54.0 Å². The van der Waals surface area contributed by atoms with E-state index in [-0.39, 0.29) is 11.4 Å². The zero-order valence-electron chi connectivity index (χ0n) is 14.7. The van der Waals surface area contributed by atoms with Gasteiger partial charge in [-0.15, -0.1) is 0 Å². The molecule has 0 atom stereocenters. The van der Waals surface area contributed by atoms with Gasteiger partial charge in [-0.1, -0.05) is 17.7 Å². The molecule has 2 aliphatic heterocycles. The Morgan fingerprint density at radius 1 is 1.13 bits per heavy atom. The Bertz CT molecular complexity index is 662. The molecule has 124 valence electrons. The highest BCUT2D eigenvalue weighted by atomic mass is 16.5. The van der Waals surface area contributed by atoms with Crippen molar-refractivity contribution in [3.8, 4) is 0 Å². The lowest BCUT2D eigenvalue weighted by Crippen LogP contribution is -2.52.